The molecule has 0 amide bonds. The minimum absolute atomic E-state index is 0.0263. The molecule has 0 unspecified atom stereocenters. The molecule has 0 aromatic carbocycles. The summed E-state index contributed by atoms with van der Waals surface area (Å²) in [6.07, 6.45) is 5.29. The minimum Gasteiger partial charge on any atom is -0.476 e. The number of ether oxygens (including phenoxy) is 1. The lowest BCUT2D eigenvalue weighted by Gasteiger charge is -2.07. The second-order valence-electron chi connectivity index (χ2n) is 3.46. The number of nitro groups is 1. The second kappa shape index (κ2) is 7.70. The first-order chi connectivity index (χ1) is 8.70. The predicted molar refractivity (Wildman–Crippen MR) is 71.3 cm³/mol. The fraction of sp³-hybridized carbons (Fsp3) is 0.600. The molecule has 1 aromatic rings. The molecule has 0 radical (unpaired) electrons. The molecule has 0 aliphatic heterocycles. The summed E-state index contributed by atoms with van der Waals surface area (Å²) in [7, 11) is 1.34. The summed E-state index contributed by atoms with van der Waals surface area (Å²) in [5, 5.41) is 13.9. The number of nitrogens with one attached hydrogen (secondary N) is 1. The molecule has 0 bridgehead atoms. The lowest BCUT2D eigenvalue weighted by Crippen LogP contribution is -2.08. The number of hydrogen-bond donors (Lipinski definition) is 1. The smallest absolute Gasteiger partial charge is 0.372 e. The molecular formula is C10H16N4O3S. The monoisotopic (exact) mass is 272 g/mol. The number of hydrogen-bond acceptors (Lipinski definition) is 7. The van der Waals surface area contributed by atoms with Gasteiger partial charge in [0.05, 0.1) is 12.0 Å². The van der Waals surface area contributed by atoms with Gasteiger partial charge in [0.2, 0.25) is 5.82 Å². The molecule has 1 heterocycles. The molecule has 0 saturated heterocycles. The number of unbranched alkanes of at least 4 members (excludes halogenated alkanes) is 1. The Bertz CT molecular complexity index is 403. The molecule has 0 fully saturated rings. The third-order valence-electron chi connectivity index (χ3n) is 2.23. The summed E-state index contributed by atoms with van der Waals surface area (Å²) in [5.74, 6) is 1.26. The van der Waals surface area contributed by atoms with Crippen LogP contribution < -0.4 is 10.1 Å². The Morgan fingerprint density at radius 2 is 2.28 bits per heavy atom. The van der Waals surface area contributed by atoms with Gasteiger partial charge in [0.15, 0.2) is 0 Å². The molecule has 0 aliphatic carbocycles. The maximum atomic E-state index is 10.9. The third-order valence-corrected chi connectivity index (χ3v) is 2.93. The lowest BCUT2D eigenvalue weighted by molar-refractivity contribution is -0.385. The average molecular weight is 272 g/mol. The van der Waals surface area contributed by atoms with Gasteiger partial charge >= 0.3 is 5.69 Å². The van der Waals surface area contributed by atoms with Gasteiger partial charge in [-0.2, -0.15) is 16.7 Å². The Morgan fingerprint density at radius 1 is 1.50 bits per heavy atom. The molecule has 0 spiro atoms. The number of methoxy groups -OCH3 is 1. The molecule has 0 aliphatic rings. The summed E-state index contributed by atoms with van der Waals surface area (Å²) < 4.78 is 4.86. The van der Waals surface area contributed by atoms with Crippen molar-refractivity contribution in [2.45, 2.75) is 12.8 Å². The van der Waals surface area contributed by atoms with E-state index in [1.54, 1.807) is 11.8 Å². The van der Waals surface area contributed by atoms with E-state index in [-0.39, 0.29) is 17.4 Å². The van der Waals surface area contributed by atoms with Gasteiger partial charge in [-0.3, -0.25) is 10.1 Å². The molecule has 0 saturated carbocycles. The number of aromatic nitrogens is 2. The van der Waals surface area contributed by atoms with E-state index in [1.807, 2.05) is 6.26 Å². The Labute approximate surface area is 109 Å². The maximum Gasteiger partial charge on any atom is 0.372 e. The van der Waals surface area contributed by atoms with Crippen LogP contribution in [0.1, 0.15) is 12.8 Å². The van der Waals surface area contributed by atoms with Crippen LogP contribution in [0.25, 0.3) is 0 Å². The molecule has 8 heteroatoms. The highest BCUT2D eigenvalue weighted by Crippen LogP contribution is 2.30. The molecule has 18 heavy (non-hydrogen) atoms. The van der Waals surface area contributed by atoms with Gasteiger partial charge in [-0.25, -0.2) is 4.98 Å². The summed E-state index contributed by atoms with van der Waals surface area (Å²) >= 11 is 1.78. The van der Waals surface area contributed by atoms with Crippen molar-refractivity contribution in [3.05, 3.63) is 16.4 Å². The van der Waals surface area contributed by atoms with E-state index < -0.39 is 4.92 Å². The molecule has 1 rings (SSSR count). The van der Waals surface area contributed by atoms with E-state index in [0.717, 1.165) is 18.6 Å². The van der Waals surface area contributed by atoms with Gasteiger partial charge in [-0.1, -0.05) is 0 Å². The topological polar surface area (TPSA) is 90.2 Å². The maximum absolute atomic E-state index is 10.9. The zero-order chi connectivity index (χ0) is 13.4. The summed E-state index contributed by atoms with van der Waals surface area (Å²) in [4.78, 5) is 18.0. The summed E-state index contributed by atoms with van der Waals surface area (Å²) in [6, 6.07) is 0. The first-order valence-electron chi connectivity index (χ1n) is 5.47. The fourth-order valence-electron chi connectivity index (χ4n) is 1.38. The Hall–Kier alpha value is -1.57. The van der Waals surface area contributed by atoms with Crippen molar-refractivity contribution in [3.63, 3.8) is 0 Å². The van der Waals surface area contributed by atoms with Gasteiger partial charge in [0.1, 0.15) is 6.33 Å². The van der Waals surface area contributed by atoms with Crippen molar-refractivity contribution in [3.8, 4) is 5.88 Å². The molecule has 0 atom stereocenters. The first kappa shape index (κ1) is 14.5. The fourth-order valence-corrected chi connectivity index (χ4v) is 1.88. The van der Waals surface area contributed by atoms with Crippen LogP contribution in [0.5, 0.6) is 5.88 Å². The van der Waals surface area contributed by atoms with Gasteiger partial charge in [0, 0.05) is 6.54 Å². The number of rotatable bonds is 8. The normalized spacial score (nSPS) is 10.1. The summed E-state index contributed by atoms with van der Waals surface area (Å²) in [5.41, 5.74) is -0.218. The van der Waals surface area contributed by atoms with Crippen molar-refractivity contribution in [2.24, 2.45) is 0 Å². The number of thioether (sulfide) groups is 1. The Morgan fingerprint density at radius 3 is 2.89 bits per heavy atom. The zero-order valence-electron chi connectivity index (χ0n) is 10.4. The van der Waals surface area contributed by atoms with Gasteiger partial charge < -0.3 is 10.1 Å². The van der Waals surface area contributed by atoms with Crippen LogP contribution in [-0.4, -0.2) is 40.6 Å². The van der Waals surface area contributed by atoms with Crippen LogP contribution in [0.4, 0.5) is 11.5 Å². The van der Waals surface area contributed by atoms with E-state index in [2.05, 4.69) is 15.3 Å². The van der Waals surface area contributed by atoms with Crippen LogP contribution in [0.3, 0.4) is 0 Å². The third kappa shape index (κ3) is 4.02. The zero-order valence-corrected chi connectivity index (χ0v) is 11.2. The van der Waals surface area contributed by atoms with Crippen LogP contribution >= 0.6 is 11.8 Å². The van der Waals surface area contributed by atoms with Crippen molar-refractivity contribution in [2.75, 3.05) is 31.0 Å². The largest absolute Gasteiger partial charge is 0.476 e. The molecule has 7 nitrogen and oxygen atoms in total. The standard InChI is InChI=1S/C10H16N4O3S/c1-17-10-8(14(15)16)9(12-7-13-10)11-5-3-4-6-18-2/h7H,3-6H2,1-2H3,(H,11,12,13). The molecule has 1 aromatic heterocycles. The van der Waals surface area contributed by atoms with Gasteiger partial charge in [0.25, 0.3) is 5.88 Å². The minimum atomic E-state index is -0.539. The number of nitrogens with zero attached hydrogens (tertiary/aromatic N) is 3. The Balaban J connectivity index is 2.67. The van der Waals surface area contributed by atoms with E-state index >= 15 is 0 Å². The van der Waals surface area contributed by atoms with Crippen molar-refractivity contribution < 1.29 is 9.66 Å². The van der Waals surface area contributed by atoms with Crippen molar-refractivity contribution in [1.82, 2.24) is 9.97 Å². The first-order valence-corrected chi connectivity index (χ1v) is 6.86. The van der Waals surface area contributed by atoms with Crippen molar-refractivity contribution in [1.29, 1.82) is 0 Å². The van der Waals surface area contributed by atoms with E-state index in [1.165, 1.54) is 13.4 Å². The summed E-state index contributed by atoms with van der Waals surface area (Å²) in [6.45, 7) is 0.640. The van der Waals surface area contributed by atoms with E-state index in [4.69, 9.17) is 4.74 Å². The Kier molecular flexibility index (Phi) is 6.20. The van der Waals surface area contributed by atoms with E-state index in [9.17, 15) is 10.1 Å². The molecular weight excluding hydrogens is 256 g/mol. The van der Waals surface area contributed by atoms with Gasteiger partial charge in [-0.05, 0) is 24.9 Å². The highest BCUT2D eigenvalue weighted by Gasteiger charge is 2.23. The molecule has 1 N–H and O–H groups in total. The second-order valence-corrected chi connectivity index (χ2v) is 4.45. The van der Waals surface area contributed by atoms with Crippen LogP contribution in [0.15, 0.2) is 6.33 Å². The lowest BCUT2D eigenvalue weighted by atomic mass is 10.3. The van der Waals surface area contributed by atoms with Crippen LogP contribution in [0, 0.1) is 10.1 Å². The quantitative estimate of drug-likeness (QED) is 0.439. The number of anilines is 1. The molecule has 100 valence electrons. The predicted octanol–water partition coefficient (Wildman–Crippen LogP) is 1.95. The van der Waals surface area contributed by atoms with Crippen molar-refractivity contribution >= 4 is 23.3 Å². The van der Waals surface area contributed by atoms with Gasteiger partial charge in [-0.15, -0.1) is 0 Å². The SMILES string of the molecule is COc1ncnc(NCCCCSC)c1[N+](=O)[O-]. The van der Waals surface area contributed by atoms with Crippen LogP contribution in [-0.2, 0) is 0 Å². The van der Waals surface area contributed by atoms with E-state index in [0.29, 0.717) is 6.54 Å². The highest BCUT2D eigenvalue weighted by molar-refractivity contribution is 7.98. The van der Waals surface area contributed by atoms with Crippen LogP contribution in [0.2, 0.25) is 0 Å². The average Bonchev–Trinajstić information content (AvgIpc) is 2.37. The highest BCUT2D eigenvalue weighted by atomic mass is 32.2.